The monoisotopic (exact) mass is 182 g/mol. The number of hydrogen-bond donors (Lipinski definition) is 0. The Bertz CT molecular complexity index is 282. The predicted octanol–water partition coefficient (Wildman–Crippen LogP) is 0.0828. The van der Waals surface area contributed by atoms with Gasteiger partial charge >= 0.3 is 0 Å². The summed E-state index contributed by atoms with van der Waals surface area (Å²) in [5.41, 5.74) is -1.94. The van der Waals surface area contributed by atoms with Crippen LogP contribution >= 0.6 is 0 Å². The normalized spacial score (nSPS) is 20.5. The van der Waals surface area contributed by atoms with Crippen molar-refractivity contribution in [1.29, 1.82) is 0 Å². The lowest BCUT2D eigenvalue weighted by Crippen LogP contribution is -2.46. The van der Waals surface area contributed by atoms with Crippen molar-refractivity contribution in [2.75, 3.05) is 0 Å². The van der Waals surface area contributed by atoms with Gasteiger partial charge in [-0.1, -0.05) is 0 Å². The molecule has 1 aliphatic carbocycles. The molecule has 0 aromatic heterocycles. The number of hydrogen-bond acceptors (Lipinski definition) is 4. The van der Waals surface area contributed by atoms with Crippen LogP contribution < -0.4 is 0 Å². The molecule has 70 valence electrons. The zero-order chi connectivity index (χ0) is 10.2. The summed E-state index contributed by atoms with van der Waals surface area (Å²) < 4.78 is 0. The largest absolute Gasteiger partial charge is 0.298 e. The molecule has 0 radical (unpaired) electrons. The summed E-state index contributed by atoms with van der Waals surface area (Å²) in [6.45, 7) is 2.23. The van der Waals surface area contributed by atoms with E-state index in [4.69, 9.17) is 0 Å². The third kappa shape index (κ3) is 1.05. The lowest BCUT2D eigenvalue weighted by molar-refractivity contribution is -0.149. The van der Waals surface area contributed by atoms with E-state index in [2.05, 4.69) is 0 Å². The smallest absolute Gasteiger partial charge is 0.202 e. The van der Waals surface area contributed by atoms with E-state index in [-0.39, 0.29) is 12.8 Å². The molecule has 0 aromatic carbocycles. The maximum atomic E-state index is 11.3. The number of carbonyl (C=O) groups is 4. The van der Waals surface area contributed by atoms with Crippen molar-refractivity contribution in [3.63, 3.8) is 0 Å². The molecule has 1 aliphatic rings. The Hall–Kier alpha value is -1.32. The molecule has 0 unspecified atom stereocenters. The first kappa shape index (κ1) is 9.77. The van der Waals surface area contributed by atoms with Gasteiger partial charge in [-0.05, 0) is 13.8 Å². The molecule has 0 bridgehead atoms. The number of rotatable bonds is 2. The van der Waals surface area contributed by atoms with Gasteiger partial charge in [0.15, 0.2) is 23.1 Å². The summed E-state index contributed by atoms with van der Waals surface area (Å²) in [4.78, 5) is 45.0. The van der Waals surface area contributed by atoms with Crippen molar-refractivity contribution in [1.82, 2.24) is 0 Å². The fourth-order valence-corrected chi connectivity index (χ4v) is 1.79. The maximum absolute atomic E-state index is 11.3. The Morgan fingerprint density at radius 3 is 1.46 bits per heavy atom. The van der Waals surface area contributed by atoms with Gasteiger partial charge in [0.2, 0.25) is 5.41 Å². The molecule has 1 rings (SSSR count). The average molecular weight is 182 g/mol. The summed E-state index contributed by atoms with van der Waals surface area (Å²) in [7, 11) is 0. The van der Waals surface area contributed by atoms with E-state index in [9.17, 15) is 19.2 Å². The zero-order valence-corrected chi connectivity index (χ0v) is 7.55. The number of carbonyl (C=O) groups excluding carboxylic acids is 4. The fraction of sp³-hybridized carbons (Fsp3) is 0.556. The fourth-order valence-electron chi connectivity index (χ4n) is 1.79. The van der Waals surface area contributed by atoms with Crippen molar-refractivity contribution >= 4 is 23.1 Å². The van der Waals surface area contributed by atoms with Crippen LogP contribution in [0.1, 0.15) is 26.7 Å². The molecule has 0 heterocycles. The highest BCUT2D eigenvalue weighted by Crippen LogP contribution is 2.33. The molecule has 0 aromatic rings. The van der Waals surface area contributed by atoms with Crippen LogP contribution in [0.15, 0.2) is 0 Å². The van der Waals surface area contributed by atoms with Gasteiger partial charge in [-0.2, -0.15) is 0 Å². The lowest BCUT2D eigenvalue weighted by atomic mass is 9.77. The van der Waals surface area contributed by atoms with Crippen LogP contribution in [0.5, 0.6) is 0 Å². The van der Waals surface area contributed by atoms with Crippen LogP contribution in [0, 0.1) is 5.41 Å². The minimum atomic E-state index is -1.94. The van der Waals surface area contributed by atoms with Gasteiger partial charge in [0.1, 0.15) is 0 Å². The Morgan fingerprint density at radius 2 is 1.31 bits per heavy atom. The molecule has 1 fully saturated rings. The van der Waals surface area contributed by atoms with E-state index in [0.29, 0.717) is 0 Å². The minimum absolute atomic E-state index is 0.0119. The minimum Gasteiger partial charge on any atom is -0.298 e. The molecule has 13 heavy (non-hydrogen) atoms. The summed E-state index contributed by atoms with van der Waals surface area (Å²) >= 11 is 0. The number of ketones is 4. The Labute approximate surface area is 75.3 Å². The molecule has 4 nitrogen and oxygen atoms in total. The second kappa shape index (κ2) is 2.87. The van der Waals surface area contributed by atoms with Crippen molar-refractivity contribution in [2.45, 2.75) is 26.7 Å². The molecule has 0 aliphatic heterocycles. The van der Waals surface area contributed by atoms with Crippen molar-refractivity contribution in [2.24, 2.45) is 5.41 Å². The van der Waals surface area contributed by atoms with Crippen molar-refractivity contribution < 1.29 is 19.2 Å². The Morgan fingerprint density at radius 1 is 1.00 bits per heavy atom. The van der Waals surface area contributed by atoms with Crippen LogP contribution in [0.4, 0.5) is 0 Å². The predicted molar refractivity (Wildman–Crippen MR) is 43.0 cm³/mol. The summed E-state index contributed by atoms with van der Waals surface area (Å²) in [5.74, 6) is -2.38. The molecule has 0 spiro atoms. The maximum Gasteiger partial charge on any atom is 0.202 e. The van der Waals surface area contributed by atoms with Gasteiger partial charge in [-0.3, -0.25) is 19.2 Å². The molecule has 4 heteroatoms. The standard InChI is InChI=1S/C9H10O4/c1-5(10)9(6(2)11)7(12)3-4-8(9)13/h3-4H2,1-2H3. The van der Waals surface area contributed by atoms with Crippen molar-refractivity contribution in [3.8, 4) is 0 Å². The first-order chi connectivity index (χ1) is 5.94. The average Bonchev–Trinajstić information content (AvgIpc) is 2.27. The van der Waals surface area contributed by atoms with E-state index in [1.165, 1.54) is 0 Å². The molecular weight excluding hydrogens is 172 g/mol. The highest BCUT2D eigenvalue weighted by Gasteiger charge is 2.57. The van der Waals surface area contributed by atoms with E-state index >= 15 is 0 Å². The SMILES string of the molecule is CC(=O)C1(C(C)=O)C(=O)CCC1=O. The number of Topliss-reactive ketones (excluding diaryl/α,β-unsaturated/α-hetero) is 4. The zero-order valence-electron chi connectivity index (χ0n) is 7.55. The quantitative estimate of drug-likeness (QED) is 0.567. The molecule has 0 amide bonds. The summed E-state index contributed by atoms with van der Waals surface area (Å²) in [6, 6.07) is 0. The van der Waals surface area contributed by atoms with Crippen LogP contribution in [0.2, 0.25) is 0 Å². The third-order valence-electron chi connectivity index (χ3n) is 2.47. The molecule has 0 atom stereocenters. The van der Waals surface area contributed by atoms with E-state index in [1.807, 2.05) is 0 Å². The van der Waals surface area contributed by atoms with Gasteiger partial charge in [-0.25, -0.2) is 0 Å². The highest BCUT2D eigenvalue weighted by atomic mass is 16.2. The molecule has 0 N–H and O–H groups in total. The van der Waals surface area contributed by atoms with Gasteiger partial charge in [0.25, 0.3) is 0 Å². The van der Waals surface area contributed by atoms with Gasteiger partial charge < -0.3 is 0 Å². The van der Waals surface area contributed by atoms with E-state index < -0.39 is 28.5 Å². The molecular formula is C9H10O4. The Kier molecular flexibility index (Phi) is 2.15. The topological polar surface area (TPSA) is 68.3 Å². The third-order valence-corrected chi connectivity index (χ3v) is 2.47. The van der Waals surface area contributed by atoms with Crippen LogP contribution in [-0.4, -0.2) is 23.1 Å². The second-order valence-corrected chi connectivity index (χ2v) is 3.21. The highest BCUT2D eigenvalue weighted by molar-refractivity contribution is 6.40. The lowest BCUT2D eigenvalue weighted by Gasteiger charge is -2.18. The molecule has 0 saturated heterocycles. The van der Waals surface area contributed by atoms with Gasteiger partial charge in [0, 0.05) is 12.8 Å². The molecule has 1 saturated carbocycles. The van der Waals surface area contributed by atoms with Gasteiger partial charge in [-0.15, -0.1) is 0 Å². The van der Waals surface area contributed by atoms with E-state index in [0.717, 1.165) is 13.8 Å². The van der Waals surface area contributed by atoms with E-state index in [1.54, 1.807) is 0 Å². The second-order valence-electron chi connectivity index (χ2n) is 3.21. The Balaban J connectivity index is 3.32. The first-order valence-corrected chi connectivity index (χ1v) is 4.02. The summed E-state index contributed by atoms with van der Waals surface area (Å²) in [5, 5.41) is 0. The van der Waals surface area contributed by atoms with Crippen LogP contribution in [-0.2, 0) is 19.2 Å². The van der Waals surface area contributed by atoms with Crippen molar-refractivity contribution in [3.05, 3.63) is 0 Å². The van der Waals surface area contributed by atoms with Crippen LogP contribution in [0.3, 0.4) is 0 Å². The van der Waals surface area contributed by atoms with Gasteiger partial charge in [0.05, 0.1) is 0 Å². The first-order valence-electron chi connectivity index (χ1n) is 4.02. The summed E-state index contributed by atoms with van der Waals surface area (Å²) in [6.07, 6.45) is 0.0238. The van der Waals surface area contributed by atoms with Crippen LogP contribution in [0.25, 0.3) is 0 Å².